The number of unbranched alkanes of at least 4 members (excludes halogenated alkanes) is 1. The fourth-order valence-electron chi connectivity index (χ4n) is 3.50. The van der Waals surface area contributed by atoms with Crippen LogP contribution in [-0.2, 0) is 4.74 Å². The fraction of sp³-hybridized carbons (Fsp3) is 1.00. The van der Waals surface area contributed by atoms with E-state index in [0.29, 0.717) is 11.5 Å². The van der Waals surface area contributed by atoms with Crippen molar-refractivity contribution in [3.05, 3.63) is 0 Å². The van der Waals surface area contributed by atoms with Crippen molar-refractivity contribution < 1.29 is 4.74 Å². The molecule has 0 N–H and O–H groups in total. The van der Waals surface area contributed by atoms with E-state index in [-0.39, 0.29) is 0 Å². The van der Waals surface area contributed by atoms with Gasteiger partial charge in [0.1, 0.15) is 0 Å². The summed E-state index contributed by atoms with van der Waals surface area (Å²) in [5.74, 6) is 1.69. The maximum Gasteiger partial charge on any atom is 0.0612 e. The Balaban J connectivity index is 1.92. The molecule has 2 aliphatic rings. The third-order valence-electron chi connectivity index (χ3n) is 4.69. The molecule has 0 aromatic heterocycles. The normalized spacial score (nSPS) is 45.4. The Kier molecular flexibility index (Phi) is 3.39. The summed E-state index contributed by atoms with van der Waals surface area (Å²) in [6, 6.07) is 0. The first-order valence-electron chi connectivity index (χ1n) is 6.76. The Bertz CT molecular complexity index is 213. The van der Waals surface area contributed by atoms with Crippen molar-refractivity contribution >= 4 is 0 Å². The minimum atomic E-state index is 0.585. The molecule has 0 bridgehead atoms. The van der Waals surface area contributed by atoms with Gasteiger partial charge in [0.2, 0.25) is 0 Å². The lowest BCUT2D eigenvalue weighted by atomic mass is 9.66. The van der Waals surface area contributed by atoms with Crippen LogP contribution in [0.3, 0.4) is 0 Å². The standard InChI is InChI=1S/C14H26O/c1-4-5-7-14(3)8-6-12-11(2)10-15-13(12)9-14/h11-13H,4-10H2,1-3H3/t11-,12?,13+,14?/m0/s1. The van der Waals surface area contributed by atoms with E-state index in [1.807, 2.05) is 0 Å². The summed E-state index contributed by atoms with van der Waals surface area (Å²) in [6.07, 6.45) is 8.89. The molecule has 1 saturated heterocycles. The zero-order valence-electron chi connectivity index (χ0n) is 10.6. The Labute approximate surface area is 94.6 Å². The highest BCUT2D eigenvalue weighted by Crippen LogP contribution is 2.48. The lowest BCUT2D eigenvalue weighted by molar-refractivity contribution is 0.00951. The van der Waals surface area contributed by atoms with E-state index in [0.717, 1.165) is 18.4 Å². The minimum Gasteiger partial charge on any atom is -0.378 e. The van der Waals surface area contributed by atoms with Gasteiger partial charge < -0.3 is 4.74 Å². The van der Waals surface area contributed by atoms with Crippen LogP contribution >= 0.6 is 0 Å². The number of fused-ring (bicyclic) bond motifs is 1. The highest BCUT2D eigenvalue weighted by molar-refractivity contribution is 4.92. The highest BCUT2D eigenvalue weighted by atomic mass is 16.5. The Morgan fingerprint density at radius 3 is 2.93 bits per heavy atom. The van der Waals surface area contributed by atoms with Crippen LogP contribution in [0.1, 0.15) is 59.3 Å². The minimum absolute atomic E-state index is 0.585. The van der Waals surface area contributed by atoms with Crippen LogP contribution in [0.5, 0.6) is 0 Å². The molecule has 1 aliphatic heterocycles. The molecular formula is C14H26O. The number of hydrogen-bond donors (Lipinski definition) is 0. The molecule has 1 heteroatoms. The average Bonchev–Trinajstić information content (AvgIpc) is 2.57. The summed E-state index contributed by atoms with van der Waals surface area (Å²) < 4.78 is 5.94. The summed E-state index contributed by atoms with van der Waals surface area (Å²) >= 11 is 0. The summed E-state index contributed by atoms with van der Waals surface area (Å²) in [5.41, 5.74) is 0.585. The molecule has 2 unspecified atom stereocenters. The molecule has 0 amide bonds. The van der Waals surface area contributed by atoms with Crippen molar-refractivity contribution in [2.75, 3.05) is 6.61 Å². The molecule has 0 radical (unpaired) electrons. The number of ether oxygens (including phenoxy) is 1. The molecule has 2 fully saturated rings. The van der Waals surface area contributed by atoms with Gasteiger partial charge in [-0.3, -0.25) is 0 Å². The van der Waals surface area contributed by atoms with Gasteiger partial charge in [-0.25, -0.2) is 0 Å². The van der Waals surface area contributed by atoms with Gasteiger partial charge in [0.05, 0.1) is 6.10 Å². The van der Waals surface area contributed by atoms with Gasteiger partial charge in [0.25, 0.3) is 0 Å². The fourth-order valence-corrected chi connectivity index (χ4v) is 3.50. The summed E-state index contributed by atoms with van der Waals surface area (Å²) in [7, 11) is 0. The smallest absolute Gasteiger partial charge is 0.0612 e. The molecule has 4 atom stereocenters. The molecule has 2 rings (SSSR count). The van der Waals surface area contributed by atoms with Gasteiger partial charge in [-0.1, -0.05) is 33.6 Å². The number of hydrogen-bond acceptors (Lipinski definition) is 1. The molecule has 15 heavy (non-hydrogen) atoms. The SMILES string of the molecule is CCCCC1(C)CCC2[C@@H](C)CO[C@@H]2C1. The van der Waals surface area contributed by atoms with Crippen molar-refractivity contribution in [2.24, 2.45) is 17.3 Å². The predicted octanol–water partition coefficient (Wildman–Crippen LogP) is 4.02. The van der Waals surface area contributed by atoms with Gasteiger partial charge in [0, 0.05) is 6.61 Å². The van der Waals surface area contributed by atoms with Gasteiger partial charge in [-0.05, 0) is 42.9 Å². The van der Waals surface area contributed by atoms with Crippen LogP contribution in [-0.4, -0.2) is 12.7 Å². The van der Waals surface area contributed by atoms with E-state index in [2.05, 4.69) is 20.8 Å². The second-order valence-corrected chi connectivity index (χ2v) is 6.17. The second-order valence-electron chi connectivity index (χ2n) is 6.17. The van der Waals surface area contributed by atoms with Crippen LogP contribution in [0.4, 0.5) is 0 Å². The zero-order valence-corrected chi connectivity index (χ0v) is 10.6. The first kappa shape index (κ1) is 11.4. The monoisotopic (exact) mass is 210 g/mol. The van der Waals surface area contributed by atoms with Crippen LogP contribution < -0.4 is 0 Å². The molecule has 1 nitrogen and oxygen atoms in total. The summed E-state index contributed by atoms with van der Waals surface area (Å²) in [5, 5.41) is 0. The van der Waals surface area contributed by atoms with Crippen LogP contribution in [0.2, 0.25) is 0 Å². The molecule has 1 saturated carbocycles. The van der Waals surface area contributed by atoms with E-state index in [1.165, 1.54) is 38.5 Å². The molecule has 0 spiro atoms. The third kappa shape index (κ3) is 2.38. The zero-order chi connectivity index (χ0) is 10.9. The Morgan fingerprint density at radius 1 is 1.40 bits per heavy atom. The molecular weight excluding hydrogens is 184 g/mol. The molecule has 0 aromatic carbocycles. The lowest BCUT2D eigenvalue weighted by Crippen LogP contribution is -2.34. The molecule has 1 aliphatic carbocycles. The largest absolute Gasteiger partial charge is 0.378 e. The van der Waals surface area contributed by atoms with Crippen molar-refractivity contribution in [2.45, 2.75) is 65.4 Å². The molecule has 88 valence electrons. The lowest BCUT2D eigenvalue weighted by Gasteiger charge is -2.40. The maximum absolute atomic E-state index is 5.94. The van der Waals surface area contributed by atoms with Gasteiger partial charge >= 0.3 is 0 Å². The number of rotatable bonds is 3. The topological polar surface area (TPSA) is 9.23 Å². The van der Waals surface area contributed by atoms with Crippen molar-refractivity contribution in [1.82, 2.24) is 0 Å². The quantitative estimate of drug-likeness (QED) is 0.683. The average molecular weight is 210 g/mol. The maximum atomic E-state index is 5.94. The van der Waals surface area contributed by atoms with Gasteiger partial charge in [-0.15, -0.1) is 0 Å². The van der Waals surface area contributed by atoms with E-state index in [4.69, 9.17) is 4.74 Å². The summed E-state index contributed by atoms with van der Waals surface area (Å²) in [6.45, 7) is 8.15. The van der Waals surface area contributed by atoms with E-state index < -0.39 is 0 Å². The Morgan fingerprint density at radius 2 is 2.20 bits per heavy atom. The van der Waals surface area contributed by atoms with Gasteiger partial charge in [0.15, 0.2) is 0 Å². The predicted molar refractivity (Wildman–Crippen MR) is 63.9 cm³/mol. The second kappa shape index (κ2) is 4.45. The van der Waals surface area contributed by atoms with Crippen LogP contribution in [0.25, 0.3) is 0 Å². The first-order chi connectivity index (χ1) is 7.14. The van der Waals surface area contributed by atoms with Gasteiger partial charge in [-0.2, -0.15) is 0 Å². The van der Waals surface area contributed by atoms with E-state index in [1.54, 1.807) is 0 Å². The third-order valence-corrected chi connectivity index (χ3v) is 4.69. The van der Waals surface area contributed by atoms with Crippen molar-refractivity contribution in [3.63, 3.8) is 0 Å². The van der Waals surface area contributed by atoms with Crippen molar-refractivity contribution in [1.29, 1.82) is 0 Å². The summed E-state index contributed by atoms with van der Waals surface area (Å²) in [4.78, 5) is 0. The first-order valence-corrected chi connectivity index (χ1v) is 6.76. The van der Waals surface area contributed by atoms with Crippen LogP contribution in [0, 0.1) is 17.3 Å². The van der Waals surface area contributed by atoms with E-state index in [9.17, 15) is 0 Å². The Hall–Kier alpha value is -0.0400. The van der Waals surface area contributed by atoms with E-state index >= 15 is 0 Å². The van der Waals surface area contributed by atoms with Crippen LogP contribution in [0.15, 0.2) is 0 Å². The molecule has 1 heterocycles. The molecule has 0 aromatic rings. The van der Waals surface area contributed by atoms with Crippen molar-refractivity contribution in [3.8, 4) is 0 Å². The highest BCUT2D eigenvalue weighted by Gasteiger charge is 2.43.